The highest BCUT2D eigenvalue weighted by Crippen LogP contribution is 2.43. The number of aryl methyl sites for hydroxylation is 1. The van der Waals surface area contributed by atoms with Gasteiger partial charge in [-0.1, -0.05) is 6.07 Å². The molecule has 5 rings (SSSR count). The van der Waals surface area contributed by atoms with Crippen molar-refractivity contribution in [1.29, 1.82) is 0 Å². The summed E-state index contributed by atoms with van der Waals surface area (Å²) < 4.78 is 17.0. The second kappa shape index (κ2) is 8.16. The van der Waals surface area contributed by atoms with Crippen molar-refractivity contribution in [2.45, 2.75) is 26.3 Å². The van der Waals surface area contributed by atoms with Gasteiger partial charge in [0.1, 0.15) is 34.8 Å². The normalized spacial score (nSPS) is 19.0. The van der Waals surface area contributed by atoms with E-state index >= 15 is 0 Å². The molecule has 2 aromatic carbocycles. The van der Waals surface area contributed by atoms with Crippen molar-refractivity contribution in [3.63, 3.8) is 0 Å². The zero-order valence-corrected chi connectivity index (χ0v) is 18.3. The van der Waals surface area contributed by atoms with E-state index in [1.54, 1.807) is 61.5 Å². The van der Waals surface area contributed by atoms with Gasteiger partial charge < -0.3 is 19.0 Å². The maximum atomic E-state index is 13.2. The number of carbonyl (C=O) groups excluding carboxylic acids is 2. The first-order chi connectivity index (χ1) is 16.0. The number of hydrogen-bond acceptors (Lipinski definition) is 6. The fourth-order valence-corrected chi connectivity index (χ4v) is 4.35. The molecule has 3 heterocycles. The number of aliphatic hydroxyl groups is 1. The molecule has 1 unspecified atom stereocenters. The number of ketones is 1. The quantitative estimate of drug-likeness (QED) is 0.352. The minimum absolute atomic E-state index is 0.0185. The van der Waals surface area contributed by atoms with Gasteiger partial charge in [-0.2, -0.15) is 0 Å². The lowest BCUT2D eigenvalue weighted by molar-refractivity contribution is -0.132. The van der Waals surface area contributed by atoms with E-state index in [1.165, 1.54) is 4.90 Å². The number of ether oxygens (including phenoxy) is 2. The first-order valence-electron chi connectivity index (χ1n) is 10.8. The van der Waals surface area contributed by atoms with Gasteiger partial charge in [0.15, 0.2) is 0 Å². The molecule has 1 fully saturated rings. The van der Waals surface area contributed by atoms with Gasteiger partial charge in [-0.15, -0.1) is 0 Å². The van der Waals surface area contributed by atoms with E-state index in [2.05, 4.69) is 0 Å². The third-order valence-electron chi connectivity index (χ3n) is 5.84. The van der Waals surface area contributed by atoms with Gasteiger partial charge in [0, 0.05) is 23.7 Å². The molecule has 3 aromatic rings. The van der Waals surface area contributed by atoms with Crippen LogP contribution < -0.4 is 14.4 Å². The van der Waals surface area contributed by atoms with Crippen LogP contribution in [0.1, 0.15) is 35.6 Å². The summed E-state index contributed by atoms with van der Waals surface area (Å²) in [6, 6.07) is 14.8. The molecule has 0 radical (unpaired) electrons. The lowest BCUT2D eigenvalue weighted by atomic mass is 9.98. The lowest BCUT2D eigenvalue weighted by Gasteiger charge is -2.24. The molecule has 1 atom stereocenters. The summed E-state index contributed by atoms with van der Waals surface area (Å²) in [6.07, 6.45) is 0.718. The molecule has 0 bridgehead atoms. The Morgan fingerprint density at radius 1 is 1.15 bits per heavy atom. The number of benzene rings is 2. The van der Waals surface area contributed by atoms with Crippen molar-refractivity contribution in [1.82, 2.24) is 0 Å². The highest BCUT2D eigenvalue weighted by atomic mass is 16.5. The third-order valence-corrected chi connectivity index (χ3v) is 5.84. The Morgan fingerprint density at radius 3 is 2.76 bits per heavy atom. The van der Waals surface area contributed by atoms with Gasteiger partial charge in [-0.25, -0.2) is 0 Å². The van der Waals surface area contributed by atoms with Crippen LogP contribution in [0, 0.1) is 6.92 Å². The van der Waals surface area contributed by atoms with Crippen LogP contribution in [0.3, 0.4) is 0 Å². The van der Waals surface area contributed by atoms with Crippen LogP contribution in [0.15, 0.2) is 64.6 Å². The number of anilines is 1. The Bertz CT molecular complexity index is 1290. The summed E-state index contributed by atoms with van der Waals surface area (Å²) in [4.78, 5) is 27.8. The summed E-state index contributed by atoms with van der Waals surface area (Å²) in [5, 5.41) is 11.3. The largest absolute Gasteiger partial charge is 0.507 e. The Labute approximate surface area is 190 Å². The molecule has 168 valence electrons. The molecule has 33 heavy (non-hydrogen) atoms. The van der Waals surface area contributed by atoms with E-state index in [1.807, 2.05) is 6.92 Å². The van der Waals surface area contributed by atoms with Gasteiger partial charge in [-0.05, 0) is 61.9 Å². The average molecular weight is 445 g/mol. The Kier molecular flexibility index (Phi) is 5.17. The van der Waals surface area contributed by atoms with E-state index in [0.717, 1.165) is 17.7 Å². The van der Waals surface area contributed by atoms with Crippen molar-refractivity contribution in [2.24, 2.45) is 0 Å². The van der Waals surface area contributed by atoms with Crippen LogP contribution >= 0.6 is 0 Å². The minimum atomic E-state index is -0.917. The monoisotopic (exact) mass is 445 g/mol. The van der Waals surface area contributed by atoms with E-state index in [0.29, 0.717) is 41.7 Å². The Balaban J connectivity index is 1.67. The molecular weight excluding hydrogens is 422 g/mol. The number of amides is 1. The molecule has 1 amide bonds. The molecule has 1 aromatic heterocycles. The smallest absolute Gasteiger partial charge is 0.300 e. The summed E-state index contributed by atoms with van der Waals surface area (Å²) in [6.45, 7) is 4.69. The van der Waals surface area contributed by atoms with Crippen molar-refractivity contribution >= 4 is 23.1 Å². The average Bonchev–Trinajstić information content (AvgIpc) is 3.52. The van der Waals surface area contributed by atoms with Crippen LogP contribution in [0.4, 0.5) is 5.69 Å². The maximum Gasteiger partial charge on any atom is 0.300 e. The minimum Gasteiger partial charge on any atom is -0.507 e. The highest BCUT2D eigenvalue weighted by Gasteiger charge is 2.48. The topological polar surface area (TPSA) is 89.2 Å². The summed E-state index contributed by atoms with van der Waals surface area (Å²) in [5.74, 6) is 0.597. The van der Waals surface area contributed by atoms with Crippen molar-refractivity contribution in [3.8, 4) is 11.5 Å². The van der Waals surface area contributed by atoms with Crippen LogP contribution in [0.25, 0.3) is 5.76 Å². The van der Waals surface area contributed by atoms with Gasteiger partial charge in [0.2, 0.25) is 0 Å². The van der Waals surface area contributed by atoms with Gasteiger partial charge >= 0.3 is 0 Å². The highest BCUT2D eigenvalue weighted by molar-refractivity contribution is 6.51. The first-order valence-corrected chi connectivity index (χ1v) is 10.8. The van der Waals surface area contributed by atoms with Crippen LogP contribution in [-0.2, 0) is 16.0 Å². The molecular formula is C26H23NO6. The van der Waals surface area contributed by atoms with Crippen LogP contribution in [0.2, 0.25) is 0 Å². The molecule has 2 aliphatic heterocycles. The fourth-order valence-electron chi connectivity index (χ4n) is 4.35. The third kappa shape index (κ3) is 3.55. The van der Waals surface area contributed by atoms with E-state index in [-0.39, 0.29) is 11.3 Å². The van der Waals surface area contributed by atoms with Crippen LogP contribution in [-0.4, -0.2) is 30.0 Å². The van der Waals surface area contributed by atoms with Crippen molar-refractivity contribution < 1.29 is 28.6 Å². The predicted octanol–water partition coefficient (Wildman–Crippen LogP) is 4.55. The predicted molar refractivity (Wildman–Crippen MR) is 121 cm³/mol. The molecule has 0 aliphatic carbocycles. The number of fused-ring (bicyclic) bond motifs is 1. The van der Waals surface area contributed by atoms with Gasteiger partial charge in [-0.3, -0.25) is 14.5 Å². The standard InChI is InChI=1S/C26H23NO6/c1-3-31-19-6-4-5-18(14-19)27-23(21-9-7-15(2)33-21)22(25(29)26(27)30)24(28)17-8-10-20-16(13-17)11-12-32-20/h4-10,13-14,23,28H,3,11-12H2,1-2H3/b24-22-. The number of carbonyl (C=O) groups is 2. The first kappa shape index (κ1) is 20.9. The second-order valence-electron chi connectivity index (χ2n) is 7.97. The molecule has 1 N–H and O–H groups in total. The summed E-state index contributed by atoms with van der Waals surface area (Å²) in [7, 11) is 0. The van der Waals surface area contributed by atoms with Crippen molar-refractivity contribution in [2.75, 3.05) is 18.1 Å². The van der Waals surface area contributed by atoms with E-state index < -0.39 is 17.7 Å². The molecule has 1 saturated heterocycles. The maximum absolute atomic E-state index is 13.2. The number of nitrogens with zero attached hydrogens (tertiary/aromatic N) is 1. The van der Waals surface area contributed by atoms with Gasteiger partial charge in [0.05, 0.1) is 18.8 Å². The second-order valence-corrected chi connectivity index (χ2v) is 7.97. The molecule has 7 nitrogen and oxygen atoms in total. The SMILES string of the molecule is CCOc1cccc(N2C(=O)C(=O)/C(=C(\O)c3ccc4c(c3)CCO4)C2c2ccc(C)o2)c1. The Hall–Kier alpha value is -4.00. The summed E-state index contributed by atoms with van der Waals surface area (Å²) in [5.41, 5.74) is 1.86. The molecule has 0 spiro atoms. The number of furan rings is 1. The Morgan fingerprint density at radius 2 is 2.00 bits per heavy atom. The number of hydrogen-bond donors (Lipinski definition) is 1. The molecule has 2 aliphatic rings. The fraction of sp³-hybridized carbons (Fsp3) is 0.231. The molecule has 7 heteroatoms. The number of aliphatic hydroxyl groups excluding tert-OH is 1. The van der Waals surface area contributed by atoms with Crippen LogP contribution in [0.5, 0.6) is 11.5 Å². The number of rotatable bonds is 5. The van der Waals surface area contributed by atoms with E-state index in [9.17, 15) is 14.7 Å². The lowest BCUT2D eigenvalue weighted by Crippen LogP contribution is -2.29. The zero-order valence-electron chi connectivity index (χ0n) is 18.3. The zero-order chi connectivity index (χ0) is 23.1. The number of Topliss-reactive ketones (excluding diaryl/α,β-unsaturated/α-hetero) is 1. The summed E-state index contributed by atoms with van der Waals surface area (Å²) >= 11 is 0. The molecule has 0 saturated carbocycles. The van der Waals surface area contributed by atoms with Crippen molar-refractivity contribution in [3.05, 3.63) is 82.8 Å². The van der Waals surface area contributed by atoms with Gasteiger partial charge in [0.25, 0.3) is 11.7 Å². The van der Waals surface area contributed by atoms with E-state index in [4.69, 9.17) is 13.9 Å².